The molecule has 6 heteroatoms. The molecule has 1 aliphatic carbocycles. The molecule has 0 aromatic carbocycles. The second kappa shape index (κ2) is 8.15. The minimum Gasteiger partial charge on any atom is -0.477 e. The Morgan fingerprint density at radius 1 is 1.18 bits per heavy atom. The van der Waals surface area contributed by atoms with E-state index in [1.807, 2.05) is 6.07 Å². The van der Waals surface area contributed by atoms with Gasteiger partial charge in [-0.05, 0) is 50.0 Å². The van der Waals surface area contributed by atoms with Gasteiger partial charge in [-0.15, -0.1) is 11.3 Å². The zero-order chi connectivity index (χ0) is 20.6. The third-order valence-electron chi connectivity index (χ3n) is 6.34. The molecule has 2 N–H and O–H groups in total. The first kappa shape index (κ1) is 21.3. The van der Waals surface area contributed by atoms with Gasteiger partial charge in [-0.25, -0.2) is 4.79 Å². The Labute approximate surface area is 171 Å². The fraction of sp³-hybridized carbons (Fsp3) is 0.727. The number of carbonyl (C=O) groups is 2. The molecule has 1 saturated heterocycles. The van der Waals surface area contributed by atoms with Gasteiger partial charge in [-0.2, -0.15) is 0 Å². The summed E-state index contributed by atoms with van der Waals surface area (Å²) in [5.74, 6) is -1.14. The number of rotatable bonds is 4. The molecule has 1 saturated carbocycles. The molecule has 2 aliphatic rings. The van der Waals surface area contributed by atoms with Crippen molar-refractivity contribution in [2.45, 2.75) is 90.2 Å². The lowest BCUT2D eigenvalue weighted by Crippen LogP contribution is -2.54. The number of aromatic carboxylic acids is 1. The number of hydrogen-bond acceptors (Lipinski definition) is 4. The van der Waals surface area contributed by atoms with Gasteiger partial charge in [-0.1, -0.05) is 40.0 Å². The Morgan fingerprint density at radius 2 is 1.82 bits per heavy atom. The quantitative estimate of drug-likeness (QED) is 0.750. The second-order valence-electron chi connectivity index (χ2n) is 9.48. The highest BCUT2D eigenvalue weighted by molar-refractivity contribution is 7.14. The minimum atomic E-state index is -0.982. The number of piperidine rings is 1. The highest BCUT2D eigenvalue weighted by Crippen LogP contribution is 2.44. The van der Waals surface area contributed by atoms with Gasteiger partial charge in [0.15, 0.2) is 0 Å². The number of carboxylic acids is 1. The van der Waals surface area contributed by atoms with E-state index in [2.05, 4.69) is 20.8 Å². The highest BCUT2D eigenvalue weighted by Gasteiger charge is 2.43. The summed E-state index contributed by atoms with van der Waals surface area (Å²) in [6.45, 7) is 7.84. The minimum absolute atomic E-state index is 0.0309. The van der Waals surface area contributed by atoms with E-state index in [4.69, 9.17) is 0 Å². The van der Waals surface area contributed by atoms with E-state index >= 15 is 0 Å². The number of nitrogens with zero attached hydrogens (tertiary/aromatic N) is 1. The van der Waals surface area contributed by atoms with Crippen LogP contribution in [0.1, 0.15) is 87.2 Å². The molecule has 0 radical (unpaired) electrons. The SMILES string of the molecule is CC(O)C1CCC(C2CCCCC2)N(c2cc(C(C)(C)C)sc2C(=O)O)C1=O. The molecule has 1 aromatic rings. The first-order valence-electron chi connectivity index (χ1n) is 10.5. The Morgan fingerprint density at radius 3 is 2.36 bits per heavy atom. The van der Waals surface area contributed by atoms with Crippen LogP contribution in [0.2, 0.25) is 0 Å². The Kier molecular flexibility index (Phi) is 6.20. The first-order chi connectivity index (χ1) is 13.1. The number of thiophene rings is 1. The summed E-state index contributed by atoms with van der Waals surface area (Å²) in [7, 11) is 0. The molecule has 3 atom stereocenters. The number of carbonyl (C=O) groups excluding carboxylic acids is 1. The van der Waals surface area contributed by atoms with Crippen LogP contribution in [0.4, 0.5) is 5.69 Å². The van der Waals surface area contributed by atoms with Gasteiger partial charge in [-0.3, -0.25) is 4.79 Å². The van der Waals surface area contributed by atoms with E-state index in [0.717, 1.165) is 24.1 Å². The van der Waals surface area contributed by atoms with Crippen molar-refractivity contribution in [1.82, 2.24) is 0 Å². The number of amides is 1. The lowest BCUT2D eigenvalue weighted by molar-refractivity contribution is -0.128. The maximum atomic E-state index is 13.4. The van der Waals surface area contributed by atoms with Gasteiger partial charge >= 0.3 is 5.97 Å². The standard InChI is InChI=1S/C22H33NO4S/c1-13(24)15-10-11-16(14-8-6-5-7-9-14)23(20(15)25)17-12-18(22(2,3)4)28-19(17)21(26)27/h12-16,24H,5-11H2,1-4H3,(H,26,27). The van der Waals surface area contributed by atoms with Crippen molar-refractivity contribution in [1.29, 1.82) is 0 Å². The highest BCUT2D eigenvalue weighted by atomic mass is 32.1. The zero-order valence-electron chi connectivity index (χ0n) is 17.4. The van der Waals surface area contributed by atoms with E-state index in [9.17, 15) is 19.8 Å². The summed E-state index contributed by atoms with van der Waals surface area (Å²) in [5, 5.41) is 20.0. The Hall–Kier alpha value is -1.40. The molecule has 1 aliphatic heterocycles. The van der Waals surface area contributed by atoms with E-state index in [1.165, 1.54) is 30.6 Å². The lowest BCUT2D eigenvalue weighted by Gasteiger charge is -2.44. The summed E-state index contributed by atoms with van der Waals surface area (Å²) in [6.07, 6.45) is 6.53. The van der Waals surface area contributed by atoms with E-state index < -0.39 is 18.0 Å². The van der Waals surface area contributed by atoms with E-state index in [0.29, 0.717) is 18.0 Å². The Bertz CT molecular complexity index is 727. The largest absolute Gasteiger partial charge is 0.477 e. The van der Waals surface area contributed by atoms with Crippen LogP contribution in [-0.2, 0) is 10.2 Å². The number of aliphatic hydroxyl groups excluding tert-OH is 1. The summed E-state index contributed by atoms with van der Waals surface area (Å²) < 4.78 is 0. The number of aliphatic hydroxyl groups is 1. The smallest absolute Gasteiger partial charge is 0.348 e. The van der Waals surface area contributed by atoms with Gasteiger partial charge in [0.2, 0.25) is 5.91 Å². The van der Waals surface area contributed by atoms with Crippen molar-refractivity contribution in [2.75, 3.05) is 4.90 Å². The predicted molar refractivity (Wildman–Crippen MR) is 112 cm³/mol. The molecule has 0 bridgehead atoms. The van der Waals surface area contributed by atoms with Crippen molar-refractivity contribution in [3.05, 3.63) is 15.8 Å². The van der Waals surface area contributed by atoms with Gasteiger partial charge < -0.3 is 15.1 Å². The third kappa shape index (κ3) is 4.13. The van der Waals surface area contributed by atoms with Crippen LogP contribution < -0.4 is 4.90 Å². The van der Waals surface area contributed by atoms with E-state index in [-0.39, 0.29) is 22.2 Å². The van der Waals surface area contributed by atoms with Gasteiger partial charge in [0.25, 0.3) is 0 Å². The maximum absolute atomic E-state index is 13.4. The van der Waals surface area contributed by atoms with Gasteiger partial charge in [0, 0.05) is 10.9 Å². The first-order valence-corrected chi connectivity index (χ1v) is 11.3. The zero-order valence-corrected chi connectivity index (χ0v) is 18.2. The molecule has 3 rings (SSSR count). The van der Waals surface area contributed by atoms with Crippen LogP contribution >= 0.6 is 11.3 Å². The molecule has 156 valence electrons. The fourth-order valence-corrected chi connectivity index (χ4v) is 5.78. The Balaban J connectivity index is 2.07. The van der Waals surface area contributed by atoms with Crippen LogP contribution in [0.15, 0.2) is 6.07 Å². The molecule has 3 unspecified atom stereocenters. The molecule has 2 fully saturated rings. The summed E-state index contributed by atoms with van der Waals surface area (Å²) in [6, 6.07) is 1.94. The molecule has 1 amide bonds. The summed E-state index contributed by atoms with van der Waals surface area (Å²) >= 11 is 1.27. The molecule has 0 spiro atoms. The monoisotopic (exact) mass is 407 g/mol. The van der Waals surface area contributed by atoms with E-state index in [1.54, 1.807) is 11.8 Å². The van der Waals surface area contributed by atoms with Crippen LogP contribution in [0.3, 0.4) is 0 Å². The van der Waals surface area contributed by atoms with Crippen molar-refractivity contribution in [3.8, 4) is 0 Å². The van der Waals surface area contributed by atoms with Crippen molar-refractivity contribution >= 4 is 28.9 Å². The predicted octanol–water partition coefficient (Wildman–Crippen LogP) is 4.82. The van der Waals surface area contributed by atoms with Crippen LogP contribution in [0, 0.1) is 11.8 Å². The summed E-state index contributed by atoms with van der Waals surface area (Å²) in [4.78, 5) is 28.4. The average Bonchev–Trinajstić information content (AvgIpc) is 3.07. The van der Waals surface area contributed by atoms with Crippen LogP contribution in [-0.4, -0.2) is 34.2 Å². The topological polar surface area (TPSA) is 77.8 Å². The normalized spacial score (nSPS) is 25.8. The third-order valence-corrected chi connectivity index (χ3v) is 7.88. The number of hydrogen-bond donors (Lipinski definition) is 2. The van der Waals surface area contributed by atoms with Crippen molar-refractivity contribution in [2.24, 2.45) is 11.8 Å². The number of carboxylic acid groups (broad SMARTS) is 1. The summed E-state index contributed by atoms with van der Waals surface area (Å²) in [5.41, 5.74) is 0.351. The molecule has 2 heterocycles. The molecular weight excluding hydrogens is 374 g/mol. The molecule has 5 nitrogen and oxygen atoms in total. The van der Waals surface area contributed by atoms with Gasteiger partial charge in [0.1, 0.15) is 4.88 Å². The van der Waals surface area contributed by atoms with Crippen molar-refractivity contribution < 1.29 is 19.8 Å². The van der Waals surface area contributed by atoms with Crippen LogP contribution in [0.5, 0.6) is 0 Å². The molecule has 1 aromatic heterocycles. The van der Waals surface area contributed by atoms with Crippen LogP contribution in [0.25, 0.3) is 0 Å². The molecule has 28 heavy (non-hydrogen) atoms. The fourth-order valence-electron chi connectivity index (χ4n) is 4.74. The second-order valence-corrected chi connectivity index (χ2v) is 10.5. The average molecular weight is 408 g/mol. The lowest BCUT2D eigenvalue weighted by atomic mass is 9.77. The molecular formula is C22H33NO4S. The van der Waals surface area contributed by atoms with Crippen molar-refractivity contribution in [3.63, 3.8) is 0 Å². The maximum Gasteiger partial charge on any atom is 0.348 e. The number of anilines is 1. The van der Waals surface area contributed by atoms with Gasteiger partial charge in [0.05, 0.1) is 17.7 Å².